The number of hydrogen-bond donors (Lipinski definition) is 0. The molecule has 0 saturated heterocycles. The molecule has 0 spiro atoms. The van der Waals surface area contributed by atoms with Gasteiger partial charge in [-0.25, -0.2) is 9.97 Å². The molecular formula is C7H8N4O. The van der Waals surface area contributed by atoms with Crippen molar-refractivity contribution in [3.05, 3.63) is 12.4 Å². The zero-order valence-corrected chi connectivity index (χ0v) is 6.85. The minimum absolute atomic E-state index is 0.473. The van der Waals surface area contributed by atoms with Crippen LogP contribution in [0, 0.1) is 0 Å². The Balaban J connectivity index is 2.70. The van der Waals surface area contributed by atoms with Crippen LogP contribution in [0.15, 0.2) is 16.9 Å². The lowest BCUT2D eigenvalue weighted by Crippen LogP contribution is -2.09. The summed E-state index contributed by atoms with van der Waals surface area (Å²) in [7, 11) is 3.76. The summed E-state index contributed by atoms with van der Waals surface area (Å²) < 4.78 is 4.95. The number of fused-ring (bicyclic) bond motifs is 1. The summed E-state index contributed by atoms with van der Waals surface area (Å²) in [4.78, 5) is 9.90. The van der Waals surface area contributed by atoms with Gasteiger partial charge in [0.15, 0.2) is 11.3 Å². The number of anilines is 1. The largest absolute Gasteiger partial charge is 0.358 e. The molecule has 2 aromatic heterocycles. The topological polar surface area (TPSA) is 55.1 Å². The van der Waals surface area contributed by atoms with Crippen LogP contribution in [0.1, 0.15) is 0 Å². The Hall–Kier alpha value is -1.65. The van der Waals surface area contributed by atoms with E-state index in [-0.39, 0.29) is 0 Å². The minimum atomic E-state index is 0.473. The smallest absolute Gasteiger partial charge is 0.278 e. The lowest BCUT2D eigenvalue weighted by atomic mass is 10.5. The van der Waals surface area contributed by atoms with Crippen LogP contribution in [0.5, 0.6) is 0 Å². The molecule has 0 aromatic carbocycles. The summed E-state index contributed by atoms with van der Waals surface area (Å²) in [5.74, 6) is 0.707. The van der Waals surface area contributed by atoms with E-state index in [2.05, 4.69) is 15.1 Å². The standard InChI is InChI=1S/C7H8N4O/c1-11(2)6-5-7(12-10-6)9-4-3-8-5/h3-4H,1-2H3. The second-order valence-electron chi connectivity index (χ2n) is 2.61. The fraction of sp³-hybridized carbons (Fsp3) is 0.286. The van der Waals surface area contributed by atoms with Crippen LogP contribution in [-0.2, 0) is 0 Å². The molecule has 0 fully saturated rings. The molecule has 0 unspecified atom stereocenters. The van der Waals surface area contributed by atoms with Crippen LogP contribution >= 0.6 is 0 Å². The Morgan fingerprint density at radius 2 is 2.00 bits per heavy atom. The van der Waals surface area contributed by atoms with E-state index >= 15 is 0 Å². The summed E-state index contributed by atoms with van der Waals surface area (Å²) in [5, 5.41) is 3.82. The molecule has 0 radical (unpaired) electrons. The third-order valence-corrected chi connectivity index (χ3v) is 1.52. The lowest BCUT2D eigenvalue weighted by Gasteiger charge is -2.04. The molecule has 0 atom stereocenters. The van der Waals surface area contributed by atoms with E-state index in [9.17, 15) is 0 Å². The van der Waals surface area contributed by atoms with E-state index in [1.54, 1.807) is 12.4 Å². The average molecular weight is 164 g/mol. The van der Waals surface area contributed by atoms with Gasteiger partial charge in [0.25, 0.3) is 5.71 Å². The quantitative estimate of drug-likeness (QED) is 0.620. The van der Waals surface area contributed by atoms with E-state index in [0.29, 0.717) is 17.0 Å². The fourth-order valence-electron chi connectivity index (χ4n) is 0.969. The molecule has 0 bridgehead atoms. The van der Waals surface area contributed by atoms with Gasteiger partial charge in [-0.05, 0) is 0 Å². The van der Waals surface area contributed by atoms with Crippen molar-refractivity contribution in [3.8, 4) is 0 Å². The van der Waals surface area contributed by atoms with Gasteiger partial charge in [0.05, 0.1) is 0 Å². The zero-order chi connectivity index (χ0) is 8.55. The van der Waals surface area contributed by atoms with Gasteiger partial charge in [-0.15, -0.1) is 0 Å². The molecule has 0 saturated carbocycles. The van der Waals surface area contributed by atoms with Gasteiger partial charge in [0, 0.05) is 26.5 Å². The maximum atomic E-state index is 4.95. The number of rotatable bonds is 1. The maximum absolute atomic E-state index is 4.95. The number of aromatic nitrogens is 3. The predicted octanol–water partition coefficient (Wildman–Crippen LogP) is 0.684. The zero-order valence-electron chi connectivity index (χ0n) is 6.85. The molecule has 62 valence electrons. The highest BCUT2D eigenvalue weighted by atomic mass is 16.5. The molecular weight excluding hydrogens is 156 g/mol. The number of nitrogens with zero attached hydrogens (tertiary/aromatic N) is 4. The summed E-state index contributed by atoms with van der Waals surface area (Å²) in [6.45, 7) is 0. The summed E-state index contributed by atoms with van der Waals surface area (Å²) in [6.07, 6.45) is 3.19. The fourth-order valence-corrected chi connectivity index (χ4v) is 0.969. The van der Waals surface area contributed by atoms with E-state index in [4.69, 9.17) is 4.52 Å². The second kappa shape index (κ2) is 2.44. The Labute approximate surface area is 69.0 Å². The molecule has 0 N–H and O–H groups in total. The normalized spacial score (nSPS) is 10.5. The van der Waals surface area contributed by atoms with Crippen LogP contribution in [0.2, 0.25) is 0 Å². The first-order valence-corrected chi connectivity index (χ1v) is 3.53. The van der Waals surface area contributed by atoms with Crippen molar-refractivity contribution < 1.29 is 4.52 Å². The van der Waals surface area contributed by atoms with Gasteiger partial charge in [0.2, 0.25) is 0 Å². The van der Waals surface area contributed by atoms with Crippen molar-refractivity contribution in [1.29, 1.82) is 0 Å². The van der Waals surface area contributed by atoms with Crippen molar-refractivity contribution in [2.45, 2.75) is 0 Å². The van der Waals surface area contributed by atoms with Crippen molar-refractivity contribution in [1.82, 2.24) is 15.1 Å². The van der Waals surface area contributed by atoms with E-state index in [1.165, 1.54) is 0 Å². The van der Waals surface area contributed by atoms with Crippen LogP contribution in [0.4, 0.5) is 5.82 Å². The minimum Gasteiger partial charge on any atom is -0.358 e. The summed E-state index contributed by atoms with van der Waals surface area (Å²) >= 11 is 0. The molecule has 0 aliphatic rings. The molecule has 5 heteroatoms. The molecule has 2 rings (SSSR count). The van der Waals surface area contributed by atoms with Gasteiger partial charge >= 0.3 is 0 Å². The van der Waals surface area contributed by atoms with Gasteiger partial charge in [-0.2, -0.15) is 0 Å². The third-order valence-electron chi connectivity index (χ3n) is 1.52. The first-order valence-electron chi connectivity index (χ1n) is 3.53. The van der Waals surface area contributed by atoms with Crippen LogP contribution in [-0.4, -0.2) is 29.2 Å². The maximum Gasteiger partial charge on any atom is 0.278 e. The Bertz CT molecular complexity index is 395. The molecule has 0 aliphatic carbocycles. The highest BCUT2D eigenvalue weighted by Crippen LogP contribution is 2.19. The van der Waals surface area contributed by atoms with Gasteiger partial charge in [0.1, 0.15) is 0 Å². The number of hydrogen-bond acceptors (Lipinski definition) is 5. The molecule has 5 nitrogen and oxygen atoms in total. The van der Waals surface area contributed by atoms with Crippen molar-refractivity contribution >= 4 is 17.0 Å². The van der Waals surface area contributed by atoms with E-state index in [0.717, 1.165) is 0 Å². The van der Waals surface area contributed by atoms with Crippen LogP contribution in [0.25, 0.3) is 11.2 Å². The molecule has 0 aliphatic heterocycles. The van der Waals surface area contributed by atoms with Crippen LogP contribution in [0.3, 0.4) is 0 Å². The highest BCUT2D eigenvalue weighted by molar-refractivity contribution is 5.80. The molecule has 2 aromatic rings. The van der Waals surface area contributed by atoms with Crippen molar-refractivity contribution in [2.24, 2.45) is 0 Å². The van der Waals surface area contributed by atoms with Gasteiger partial charge in [-0.1, -0.05) is 5.16 Å². The average Bonchev–Trinajstić information content (AvgIpc) is 2.47. The van der Waals surface area contributed by atoms with E-state index in [1.807, 2.05) is 19.0 Å². The van der Waals surface area contributed by atoms with Crippen LogP contribution < -0.4 is 4.90 Å². The highest BCUT2D eigenvalue weighted by Gasteiger charge is 2.10. The third kappa shape index (κ3) is 0.903. The van der Waals surface area contributed by atoms with Crippen molar-refractivity contribution in [3.63, 3.8) is 0 Å². The Kier molecular flexibility index (Phi) is 1.43. The molecule has 2 heterocycles. The molecule has 12 heavy (non-hydrogen) atoms. The first-order chi connectivity index (χ1) is 5.79. The summed E-state index contributed by atoms with van der Waals surface area (Å²) in [6, 6.07) is 0. The summed E-state index contributed by atoms with van der Waals surface area (Å²) in [5.41, 5.74) is 1.17. The Morgan fingerprint density at radius 3 is 2.75 bits per heavy atom. The second-order valence-corrected chi connectivity index (χ2v) is 2.61. The van der Waals surface area contributed by atoms with Gasteiger partial charge < -0.3 is 9.42 Å². The molecule has 0 amide bonds. The monoisotopic (exact) mass is 164 g/mol. The lowest BCUT2D eigenvalue weighted by molar-refractivity contribution is 0.449. The van der Waals surface area contributed by atoms with E-state index < -0.39 is 0 Å². The Morgan fingerprint density at radius 1 is 1.25 bits per heavy atom. The van der Waals surface area contributed by atoms with Gasteiger partial charge in [-0.3, -0.25) is 0 Å². The SMILES string of the molecule is CN(C)c1noc2nccnc12. The first kappa shape index (κ1) is 7.02. The predicted molar refractivity (Wildman–Crippen MR) is 43.9 cm³/mol. The van der Waals surface area contributed by atoms with Crippen molar-refractivity contribution in [2.75, 3.05) is 19.0 Å².